The van der Waals surface area contributed by atoms with Gasteiger partial charge in [-0.25, -0.2) is 0 Å². The van der Waals surface area contributed by atoms with Gasteiger partial charge >= 0.3 is 0 Å². The summed E-state index contributed by atoms with van der Waals surface area (Å²) in [5.74, 6) is -1.87. The summed E-state index contributed by atoms with van der Waals surface area (Å²) in [6.45, 7) is 10.8. The Labute approximate surface area is 137 Å². The summed E-state index contributed by atoms with van der Waals surface area (Å²) in [7, 11) is 0. The largest absolute Gasteiger partial charge is 0.387 e. The fourth-order valence-electron chi connectivity index (χ4n) is 4.09. The summed E-state index contributed by atoms with van der Waals surface area (Å²) in [5, 5.41) is 10.8. The smallest absolute Gasteiger partial charge is 0.196 e. The van der Waals surface area contributed by atoms with E-state index < -0.39 is 41.1 Å². The predicted octanol–water partition coefficient (Wildman–Crippen LogP) is 1.92. The van der Waals surface area contributed by atoms with Gasteiger partial charge in [-0.3, -0.25) is 4.79 Å². The number of hydrogen-bond donors (Lipinski definition) is 1. The van der Waals surface area contributed by atoms with Gasteiger partial charge in [0, 0.05) is 6.42 Å². The van der Waals surface area contributed by atoms with Gasteiger partial charge in [0.2, 0.25) is 0 Å². The summed E-state index contributed by atoms with van der Waals surface area (Å²) in [6.07, 6.45) is -0.377. The molecule has 132 valence electrons. The van der Waals surface area contributed by atoms with Crippen LogP contribution in [0.1, 0.15) is 60.8 Å². The van der Waals surface area contributed by atoms with Crippen molar-refractivity contribution in [3.05, 3.63) is 0 Å². The summed E-state index contributed by atoms with van der Waals surface area (Å²) >= 11 is 0. The maximum atomic E-state index is 13.0. The quantitative estimate of drug-likeness (QED) is 0.853. The van der Waals surface area contributed by atoms with Gasteiger partial charge in [0.25, 0.3) is 0 Å². The van der Waals surface area contributed by atoms with E-state index in [9.17, 15) is 9.90 Å². The summed E-state index contributed by atoms with van der Waals surface area (Å²) in [5.41, 5.74) is -2.37. The van der Waals surface area contributed by atoms with Crippen molar-refractivity contribution in [2.45, 2.75) is 102 Å². The molecule has 0 unspecified atom stereocenters. The molecule has 3 aliphatic rings. The van der Waals surface area contributed by atoms with Crippen LogP contribution in [0.15, 0.2) is 0 Å². The zero-order valence-corrected chi connectivity index (χ0v) is 14.8. The molecular weight excluding hydrogens is 300 g/mol. The van der Waals surface area contributed by atoms with Crippen LogP contribution in [-0.2, 0) is 23.7 Å². The monoisotopic (exact) mass is 328 g/mol. The molecular formula is C17H28O6. The standard InChI is InChI=1S/C17H28O6/c1-7-16(8-2)22-13-11(18)12-10(20-15(5,6)21-12)9-17(13,23-16)14(3,4)19/h10,12-13,19H,7-9H2,1-6H3/t10-,12-,13+,17-/m1/s1. The Morgan fingerprint density at radius 1 is 1.17 bits per heavy atom. The average molecular weight is 328 g/mol. The van der Waals surface area contributed by atoms with Crippen LogP contribution < -0.4 is 0 Å². The summed E-state index contributed by atoms with van der Waals surface area (Å²) in [6, 6.07) is 0. The number of Topliss-reactive ketones (excluding diaryl/α,β-unsaturated/α-hetero) is 1. The van der Waals surface area contributed by atoms with Crippen molar-refractivity contribution in [1.82, 2.24) is 0 Å². The van der Waals surface area contributed by atoms with Crippen molar-refractivity contribution >= 4 is 5.78 Å². The van der Waals surface area contributed by atoms with Crippen LogP contribution in [0.25, 0.3) is 0 Å². The van der Waals surface area contributed by atoms with E-state index in [0.717, 1.165) is 0 Å². The van der Waals surface area contributed by atoms with Crippen LogP contribution in [0, 0.1) is 0 Å². The van der Waals surface area contributed by atoms with Crippen molar-refractivity contribution in [3.8, 4) is 0 Å². The molecule has 23 heavy (non-hydrogen) atoms. The molecule has 0 aromatic carbocycles. The molecule has 0 radical (unpaired) electrons. The van der Waals surface area contributed by atoms with Gasteiger partial charge in [-0.2, -0.15) is 0 Å². The van der Waals surface area contributed by atoms with Crippen LogP contribution in [-0.4, -0.2) is 52.0 Å². The van der Waals surface area contributed by atoms with Crippen LogP contribution in [0.3, 0.4) is 0 Å². The molecule has 0 amide bonds. The first-order valence-electron chi connectivity index (χ1n) is 8.49. The average Bonchev–Trinajstić information content (AvgIpc) is 2.94. The van der Waals surface area contributed by atoms with Crippen LogP contribution in [0.2, 0.25) is 0 Å². The number of aliphatic hydroxyl groups is 1. The maximum absolute atomic E-state index is 13.0. The Bertz CT molecular complexity index is 504. The van der Waals surface area contributed by atoms with Crippen molar-refractivity contribution in [3.63, 3.8) is 0 Å². The molecule has 6 heteroatoms. The second-order valence-electron chi connectivity index (χ2n) is 7.87. The highest BCUT2D eigenvalue weighted by Gasteiger charge is 2.71. The maximum Gasteiger partial charge on any atom is 0.196 e. The van der Waals surface area contributed by atoms with E-state index in [-0.39, 0.29) is 5.78 Å². The van der Waals surface area contributed by atoms with Crippen molar-refractivity contribution in [2.24, 2.45) is 0 Å². The molecule has 1 N–H and O–H groups in total. The first-order valence-corrected chi connectivity index (χ1v) is 8.49. The Kier molecular flexibility index (Phi) is 3.75. The van der Waals surface area contributed by atoms with Crippen LogP contribution in [0.5, 0.6) is 0 Å². The number of ketones is 1. The van der Waals surface area contributed by atoms with Crippen molar-refractivity contribution in [1.29, 1.82) is 0 Å². The summed E-state index contributed by atoms with van der Waals surface area (Å²) < 4.78 is 24.1. The lowest BCUT2D eigenvalue weighted by Gasteiger charge is -2.46. The number of fused-ring (bicyclic) bond motifs is 2. The van der Waals surface area contributed by atoms with E-state index in [2.05, 4.69) is 0 Å². The van der Waals surface area contributed by atoms with Crippen molar-refractivity contribution < 1.29 is 28.8 Å². The van der Waals surface area contributed by atoms with Gasteiger partial charge in [0.05, 0.1) is 11.7 Å². The van der Waals surface area contributed by atoms with Gasteiger partial charge in [0.1, 0.15) is 11.7 Å². The topological polar surface area (TPSA) is 74.2 Å². The third-order valence-electron chi connectivity index (χ3n) is 5.46. The van der Waals surface area contributed by atoms with E-state index in [0.29, 0.717) is 19.3 Å². The second kappa shape index (κ2) is 4.99. The van der Waals surface area contributed by atoms with Crippen molar-refractivity contribution in [2.75, 3.05) is 0 Å². The van der Waals surface area contributed by atoms with Crippen LogP contribution in [0.4, 0.5) is 0 Å². The molecule has 2 saturated heterocycles. The molecule has 1 saturated carbocycles. The molecule has 1 aliphatic carbocycles. The Balaban J connectivity index is 2.03. The normalized spacial score (nSPS) is 41.7. The lowest BCUT2D eigenvalue weighted by atomic mass is 9.70. The molecule has 0 aromatic heterocycles. The third kappa shape index (κ3) is 2.38. The van der Waals surface area contributed by atoms with Gasteiger partial charge in [0.15, 0.2) is 23.5 Å². The zero-order chi connectivity index (χ0) is 17.3. The molecule has 2 aliphatic heterocycles. The SMILES string of the molecule is CCC1(CC)O[C@H]2C(=O)[C@@H]3OC(C)(C)O[C@@H]3C[C@@]2(C(C)(C)O)O1. The highest BCUT2D eigenvalue weighted by Crippen LogP contribution is 2.54. The minimum absolute atomic E-state index is 0.197. The lowest BCUT2D eigenvalue weighted by Crippen LogP contribution is -2.66. The molecule has 0 spiro atoms. The van der Waals surface area contributed by atoms with Gasteiger partial charge in [-0.15, -0.1) is 0 Å². The number of carbonyl (C=O) groups excluding carboxylic acids is 1. The Morgan fingerprint density at radius 2 is 1.78 bits per heavy atom. The van der Waals surface area contributed by atoms with Gasteiger partial charge in [-0.1, -0.05) is 13.8 Å². The Hall–Kier alpha value is -0.530. The number of rotatable bonds is 3. The van der Waals surface area contributed by atoms with Gasteiger partial charge < -0.3 is 24.1 Å². The first kappa shape index (κ1) is 17.3. The zero-order valence-electron chi connectivity index (χ0n) is 14.8. The fourth-order valence-corrected chi connectivity index (χ4v) is 4.09. The molecule has 0 aromatic rings. The minimum atomic E-state index is -1.25. The fraction of sp³-hybridized carbons (Fsp3) is 0.941. The predicted molar refractivity (Wildman–Crippen MR) is 81.7 cm³/mol. The second-order valence-corrected chi connectivity index (χ2v) is 7.87. The highest BCUT2D eigenvalue weighted by molar-refractivity contribution is 5.91. The van der Waals surface area contributed by atoms with Crippen LogP contribution >= 0.6 is 0 Å². The summed E-state index contributed by atoms with van der Waals surface area (Å²) in [4.78, 5) is 13.0. The van der Waals surface area contributed by atoms with E-state index in [1.54, 1.807) is 27.7 Å². The van der Waals surface area contributed by atoms with Gasteiger partial charge in [-0.05, 0) is 40.5 Å². The first-order chi connectivity index (χ1) is 10.5. The van der Waals surface area contributed by atoms with E-state index in [1.165, 1.54) is 0 Å². The third-order valence-corrected chi connectivity index (χ3v) is 5.46. The molecule has 0 bridgehead atoms. The van der Waals surface area contributed by atoms with E-state index in [4.69, 9.17) is 18.9 Å². The minimum Gasteiger partial charge on any atom is -0.387 e. The molecule has 6 nitrogen and oxygen atoms in total. The number of hydrogen-bond acceptors (Lipinski definition) is 6. The lowest BCUT2D eigenvalue weighted by molar-refractivity contribution is -0.236. The highest BCUT2D eigenvalue weighted by atomic mass is 16.8. The molecule has 4 atom stereocenters. The molecule has 3 rings (SSSR count). The molecule has 3 fully saturated rings. The Morgan fingerprint density at radius 3 is 2.30 bits per heavy atom. The number of carbonyl (C=O) groups is 1. The molecule has 2 heterocycles. The van der Waals surface area contributed by atoms with E-state index in [1.807, 2.05) is 13.8 Å². The van der Waals surface area contributed by atoms with E-state index >= 15 is 0 Å². The number of ether oxygens (including phenoxy) is 4.